The number of rotatable bonds is 10. The van der Waals surface area contributed by atoms with Gasteiger partial charge in [0.2, 0.25) is 0 Å². The fourth-order valence-electron chi connectivity index (χ4n) is 19.0. The molecule has 4 aromatic heterocycles. The van der Waals surface area contributed by atoms with E-state index >= 15 is 0 Å². The number of anilines is 6. The van der Waals surface area contributed by atoms with Crippen molar-refractivity contribution in [2.75, 3.05) is 9.80 Å². The Morgan fingerprint density at radius 3 is 1.04 bits per heavy atom. The second-order valence-electron chi connectivity index (χ2n) is 31.2. The van der Waals surface area contributed by atoms with Crippen LogP contribution in [0.15, 0.2) is 361 Å². The van der Waals surface area contributed by atoms with E-state index in [1.807, 2.05) is 24.3 Å². The number of aromatic nitrogens is 2. The van der Waals surface area contributed by atoms with Gasteiger partial charge in [0.15, 0.2) is 0 Å². The summed E-state index contributed by atoms with van der Waals surface area (Å²) in [5, 5.41) is 16.2. The second-order valence-corrected chi connectivity index (χ2v) is 31.2. The highest BCUT2D eigenvalue weighted by Gasteiger charge is 2.38. The molecule has 2 aliphatic carbocycles. The normalized spacial score (nSPS) is 13.4. The maximum atomic E-state index is 6.36. The van der Waals surface area contributed by atoms with Gasteiger partial charge in [0.05, 0.1) is 22.1 Å². The highest BCUT2D eigenvalue weighted by molar-refractivity contribution is 6.26. The van der Waals surface area contributed by atoms with Crippen molar-refractivity contribution in [2.24, 2.45) is 0 Å². The minimum atomic E-state index is -0.158. The summed E-state index contributed by atoms with van der Waals surface area (Å²) in [6, 6.07) is 131. The molecule has 23 rings (SSSR count). The van der Waals surface area contributed by atoms with Crippen LogP contribution in [0.3, 0.4) is 0 Å². The Labute approximate surface area is 635 Å². The summed E-state index contributed by atoms with van der Waals surface area (Å²) in [7, 11) is 0. The molecule has 0 N–H and O–H groups in total. The van der Waals surface area contributed by atoms with E-state index in [-0.39, 0.29) is 10.8 Å². The minimum absolute atomic E-state index is 0.158. The number of furan rings is 2. The zero-order chi connectivity index (χ0) is 72.8. The lowest BCUT2D eigenvalue weighted by Crippen LogP contribution is -2.14. The van der Waals surface area contributed by atoms with E-state index < -0.39 is 0 Å². The van der Waals surface area contributed by atoms with Crippen molar-refractivity contribution in [1.29, 1.82) is 0 Å². The maximum Gasteiger partial charge on any atom is 0.135 e. The second kappa shape index (κ2) is 23.3. The first-order valence-corrected chi connectivity index (χ1v) is 38.2. The molecule has 0 aliphatic heterocycles. The Hall–Kier alpha value is -13.9. The van der Waals surface area contributed by atoms with Crippen molar-refractivity contribution in [2.45, 2.75) is 38.5 Å². The van der Waals surface area contributed by atoms with E-state index in [1.54, 1.807) is 0 Å². The van der Waals surface area contributed by atoms with E-state index in [1.165, 1.54) is 87.9 Å². The summed E-state index contributed by atoms with van der Waals surface area (Å²) in [6.07, 6.45) is 0. The molecule has 518 valence electrons. The molecule has 0 amide bonds. The van der Waals surface area contributed by atoms with Crippen LogP contribution in [-0.4, -0.2) is 9.13 Å². The summed E-state index contributed by atoms with van der Waals surface area (Å²) < 4.78 is 17.9. The number of hydrogen-bond acceptors (Lipinski definition) is 4. The van der Waals surface area contributed by atoms with Gasteiger partial charge in [-0.3, -0.25) is 0 Å². The predicted octanol–water partition coefficient (Wildman–Crippen LogP) is 28.9. The van der Waals surface area contributed by atoms with Crippen LogP contribution in [0.2, 0.25) is 0 Å². The van der Waals surface area contributed by atoms with Crippen LogP contribution in [0.5, 0.6) is 0 Å². The van der Waals surface area contributed by atoms with Gasteiger partial charge < -0.3 is 27.8 Å². The van der Waals surface area contributed by atoms with Crippen LogP contribution >= 0.6 is 0 Å². The minimum Gasteiger partial charge on any atom is -0.456 e. The van der Waals surface area contributed by atoms with Gasteiger partial charge in [-0.15, -0.1) is 0 Å². The fraction of sp³-hybridized carbons (Fsp3) is 0.0577. The third-order valence-corrected chi connectivity index (χ3v) is 24.4. The lowest BCUT2D eigenvalue weighted by molar-refractivity contribution is 0.631. The van der Waals surface area contributed by atoms with Crippen LogP contribution in [0.25, 0.3) is 165 Å². The molecule has 0 atom stereocenters. The van der Waals surface area contributed by atoms with Crippen molar-refractivity contribution in [3.63, 3.8) is 0 Å². The predicted molar refractivity (Wildman–Crippen MR) is 460 cm³/mol. The largest absolute Gasteiger partial charge is 0.456 e. The molecule has 2 aliphatic rings. The average Bonchev–Trinajstić information content (AvgIpc) is 1.53. The molecular weight excluding hydrogens is 1340 g/mol. The van der Waals surface area contributed by atoms with E-state index in [2.05, 4.69) is 374 Å². The molecule has 6 heteroatoms. The van der Waals surface area contributed by atoms with Crippen molar-refractivity contribution in [3.05, 3.63) is 374 Å². The smallest absolute Gasteiger partial charge is 0.135 e. The lowest BCUT2D eigenvalue weighted by Gasteiger charge is -2.26. The van der Waals surface area contributed by atoms with Crippen molar-refractivity contribution < 1.29 is 8.83 Å². The van der Waals surface area contributed by atoms with Gasteiger partial charge in [-0.25, -0.2) is 0 Å². The highest BCUT2D eigenvalue weighted by atomic mass is 16.3. The first-order chi connectivity index (χ1) is 54.0. The molecular formula is C104H70N4O2. The molecule has 110 heavy (non-hydrogen) atoms. The van der Waals surface area contributed by atoms with Crippen LogP contribution in [0.1, 0.15) is 49.9 Å². The van der Waals surface area contributed by atoms with E-state index in [0.717, 1.165) is 133 Å². The van der Waals surface area contributed by atoms with Crippen LogP contribution < -0.4 is 9.80 Å². The SMILES string of the molecule is CC1(C)c2ccccc2-c2cc(-n3c4cc5c6ccc7cc(N(c8ccccc8)c8ccc9cc(-c%10cc%11ccccc%11o%10)ccc9c8)ccc7c6n(-c6ccc7c(c6)-c6ccccc6C7(C)C)c5cc4c4ccc5cc(N(c6ccccc6)c6ccc7cc(-c8cc9ccccc9o8)ccc7c6)ccc5c43)ccc21. The summed E-state index contributed by atoms with van der Waals surface area (Å²) in [4.78, 5) is 4.80. The molecule has 0 unspecified atom stereocenters. The molecule has 17 aromatic carbocycles. The fourth-order valence-corrected chi connectivity index (χ4v) is 19.0. The number of fused-ring (bicyclic) bond motifs is 20. The Balaban J connectivity index is 0.725. The monoisotopic (exact) mass is 1410 g/mol. The molecule has 0 fully saturated rings. The standard InChI is InChI=1S/C104H70N4O2/c1-103(2)91-27-15-13-25-83(91)87-59-79(43-49-93(87)103)107-95-61-90-86-46-38-68-56-78(106(74-23-9-6-10-24-74)76-40-36-64-52-72(34-32-66(64)54-76)100-58-70-20-12-18-30-98(70)110-100)42-48-82(68)102(86)108(80-44-50-94-88(60-80)84-26-14-16-28-92(84)104(94,3)4)96(90)62-89(95)85-45-37-67-55-77(41-47-81(67)101(85)107)105(73-21-7-5-8-22-73)75-39-35-63-51-71(33-31-65(63)53-75)99-57-69-19-11-17-29-97(69)109-99/h5-62H,1-4H3. The first kappa shape index (κ1) is 62.3. The zero-order valence-electron chi connectivity index (χ0n) is 61.1. The zero-order valence-corrected chi connectivity index (χ0v) is 61.1. The van der Waals surface area contributed by atoms with Crippen LogP contribution in [0, 0.1) is 0 Å². The maximum absolute atomic E-state index is 6.36. The Kier molecular flexibility index (Phi) is 13.2. The molecule has 0 radical (unpaired) electrons. The molecule has 0 bridgehead atoms. The molecule has 6 nitrogen and oxygen atoms in total. The van der Waals surface area contributed by atoms with Gasteiger partial charge >= 0.3 is 0 Å². The quantitative estimate of drug-likeness (QED) is 0.137. The van der Waals surface area contributed by atoms with Crippen LogP contribution in [-0.2, 0) is 10.8 Å². The van der Waals surface area contributed by atoms with E-state index in [0.29, 0.717) is 0 Å². The third-order valence-electron chi connectivity index (χ3n) is 24.4. The van der Waals surface area contributed by atoms with Gasteiger partial charge in [-0.1, -0.05) is 234 Å². The van der Waals surface area contributed by atoms with Gasteiger partial charge in [-0.05, 0) is 222 Å². The van der Waals surface area contributed by atoms with Crippen LogP contribution in [0.4, 0.5) is 34.1 Å². The molecule has 0 saturated carbocycles. The molecule has 21 aromatic rings. The van der Waals surface area contributed by atoms with Crippen molar-refractivity contribution >= 4 is 143 Å². The van der Waals surface area contributed by atoms with Crippen molar-refractivity contribution in [3.8, 4) is 56.3 Å². The molecule has 0 saturated heterocycles. The van der Waals surface area contributed by atoms with Gasteiger partial charge in [0, 0.05) is 111 Å². The summed E-state index contributed by atoms with van der Waals surface area (Å²) in [5.41, 5.74) is 27.5. The van der Waals surface area contributed by atoms with Gasteiger partial charge in [0.25, 0.3) is 0 Å². The van der Waals surface area contributed by atoms with Crippen molar-refractivity contribution in [1.82, 2.24) is 9.13 Å². The highest BCUT2D eigenvalue weighted by Crippen LogP contribution is 2.54. The molecule has 0 spiro atoms. The molecule has 4 heterocycles. The Morgan fingerprint density at radius 2 is 0.591 bits per heavy atom. The average molecular weight is 1410 g/mol. The summed E-state index contributed by atoms with van der Waals surface area (Å²) in [5.74, 6) is 1.73. The van der Waals surface area contributed by atoms with Gasteiger partial charge in [-0.2, -0.15) is 0 Å². The van der Waals surface area contributed by atoms with Gasteiger partial charge in [0.1, 0.15) is 22.7 Å². The number of benzene rings is 17. The third kappa shape index (κ3) is 9.29. The Bertz CT molecular complexity index is 6980. The number of para-hydroxylation sites is 4. The Morgan fingerprint density at radius 1 is 0.236 bits per heavy atom. The summed E-state index contributed by atoms with van der Waals surface area (Å²) in [6.45, 7) is 9.50. The number of nitrogens with zero attached hydrogens (tertiary/aromatic N) is 4. The number of hydrogen-bond donors (Lipinski definition) is 0. The van der Waals surface area contributed by atoms with E-state index in [4.69, 9.17) is 8.83 Å². The first-order valence-electron chi connectivity index (χ1n) is 38.2. The lowest BCUT2D eigenvalue weighted by atomic mass is 9.82. The topological polar surface area (TPSA) is 42.6 Å². The summed E-state index contributed by atoms with van der Waals surface area (Å²) >= 11 is 0. The van der Waals surface area contributed by atoms with E-state index in [9.17, 15) is 0 Å².